The van der Waals surface area contributed by atoms with Crippen LogP contribution in [0, 0.1) is 0 Å². The summed E-state index contributed by atoms with van der Waals surface area (Å²) in [5, 5.41) is 0. The van der Waals surface area contributed by atoms with Crippen molar-refractivity contribution in [3.8, 4) is 0 Å². The molecule has 0 saturated carbocycles. The summed E-state index contributed by atoms with van der Waals surface area (Å²) in [6.07, 6.45) is 5.63. The van der Waals surface area contributed by atoms with Gasteiger partial charge in [-0.15, -0.1) is 0 Å². The molecule has 0 spiro atoms. The van der Waals surface area contributed by atoms with Gasteiger partial charge in [0.2, 0.25) is 5.91 Å². The molecule has 1 saturated heterocycles. The lowest BCUT2D eigenvalue weighted by atomic mass is 10.2. The van der Waals surface area contributed by atoms with E-state index in [1.807, 2.05) is 47.4 Å². The topological polar surface area (TPSA) is 66.0 Å². The molecule has 7 heteroatoms. The van der Waals surface area contributed by atoms with Gasteiger partial charge >= 0.3 is 0 Å². The van der Waals surface area contributed by atoms with Crippen molar-refractivity contribution < 1.29 is 13.6 Å². The Morgan fingerprint density at radius 1 is 0.931 bits per heavy atom. The zero-order chi connectivity index (χ0) is 19.9. The predicted molar refractivity (Wildman–Crippen MR) is 109 cm³/mol. The molecule has 0 unspecified atom stereocenters. The number of carbonyl (C=O) groups is 1. The maximum atomic E-state index is 12.8. The molecule has 7 nitrogen and oxygen atoms in total. The van der Waals surface area contributed by atoms with Gasteiger partial charge in [0, 0.05) is 45.3 Å². The minimum absolute atomic E-state index is 0.189. The van der Waals surface area contributed by atoms with Crippen molar-refractivity contribution in [2.24, 2.45) is 0 Å². The third-order valence-electron chi connectivity index (χ3n) is 5.17. The van der Waals surface area contributed by atoms with Crippen LogP contribution in [-0.4, -0.2) is 53.4 Å². The van der Waals surface area contributed by atoms with Crippen LogP contribution in [0.3, 0.4) is 0 Å². The highest BCUT2D eigenvalue weighted by Gasteiger charge is 2.22. The van der Waals surface area contributed by atoms with Crippen molar-refractivity contribution in [3.63, 3.8) is 0 Å². The summed E-state index contributed by atoms with van der Waals surface area (Å²) in [7, 11) is 0. The average molecular weight is 394 g/mol. The molecule has 152 valence electrons. The van der Waals surface area contributed by atoms with E-state index in [9.17, 15) is 4.79 Å². The van der Waals surface area contributed by atoms with Crippen molar-refractivity contribution in [2.45, 2.75) is 19.5 Å². The van der Waals surface area contributed by atoms with Crippen LogP contribution in [0.4, 0.5) is 5.82 Å². The fraction of sp³-hybridized carbons (Fsp3) is 0.364. The number of piperazine rings is 1. The fourth-order valence-corrected chi connectivity index (χ4v) is 3.60. The van der Waals surface area contributed by atoms with E-state index in [1.54, 1.807) is 18.7 Å². The number of nitrogens with zero attached hydrogens (tertiary/aromatic N) is 4. The van der Waals surface area contributed by atoms with E-state index in [2.05, 4.69) is 14.8 Å². The smallest absolute Gasteiger partial charge is 0.223 e. The molecule has 0 aromatic carbocycles. The van der Waals surface area contributed by atoms with Gasteiger partial charge in [0.15, 0.2) is 0 Å². The van der Waals surface area contributed by atoms with E-state index in [1.165, 1.54) is 0 Å². The molecule has 3 aromatic rings. The van der Waals surface area contributed by atoms with Gasteiger partial charge in [-0.05, 0) is 36.4 Å². The summed E-state index contributed by atoms with van der Waals surface area (Å²) >= 11 is 0. The highest BCUT2D eigenvalue weighted by molar-refractivity contribution is 5.76. The lowest BCUT2D eigenvalue weighted by Crippen LogP contribution is -2.49. The second-order valence-electron chi connectivity index (χ2n) is 7.18. The van der Waals surface area contributed by atoms with E-state index in [0.29, 0.717) is 26.1 Å². The Bertz CT molecular complexity index is 821. The lowest BCUT2D eigenvalue weighted by molar-refractivity contribution is -0.132. The molecule has 4 heterocycles. The standard InChI is InChI=1S/C22H26N4O3/c27-22(26-13-11-25(12-14-26)21-7-1-2-9-23-21)8-10-24(17-19-5-3-15-28-19)18-20-6-4-16-29-20/h1-7,9,15-16H,8,10-14,17-18H2. The highest BCUT2D eigenvalue weighted by Crippen LogP contribution is 2.15. The average Bonchev–Trinajstić information content (AvgIpc) is 3.47. The minimum atomic E-state index is 0.189. The Kier molecular flexibility index (Phi) is 6.26. The molecule has 29 heavy (non-hydrogen) atoms. The Hall–Kier alpha value is -3.06. The molecule has 1 amide bonds. The first-order chi connectivity index (χ1) is 14.3. The second kappa shape index (κ2) is 9.43. The van der Waals surface area contributed by atoms with Gasteiger partial charge in [-0.2, -0.15) is 0 Å². The number of anilines is 1. The summed E-state index contributed by atoms with van der Waals surface area (Å²) in [5.41, 5.74) is 0. The molecule has 0 bridgehead atoms. The van der Waals surface area contributed by atoms with Gasteiger partial charge in [-0.3, -0.25) is 9.69 Å². The molecule has 1 fully saturated rings. The first kappa shape index (κ1) is 19.3. The third kappa shape index (κ3) is 5.26. The number of pyridine rings is 1. The number of rotatable bonds is 8. The Balaban J connectivity index is 1.28. The largest absolute Gasteiger partial charge is 0.468 e. The Morgan fingerprint density at radius 3 is 2.17 bits per heavy atom. The predicted octanol–water partition coefficient (Wildman–Crippen LogP) is 3.01. The van der Waals surface area contributed by atoms with Gasteiger partial charge in [0.05, 0.1) is 25.6 Å². The first-order valence-corrected chi connectivity index (χ1v) is 9.99. The number of carbonyl (C=O) groups excluding carboxylic acids is 1. The van der Waals surface area contributed by atoms with Crippen LogP contribution in [0.15, 0.2) is 70.0 Å². The maximum Gasteiger partial charge on any atom is 0.223 e. The summed E-state index contributed by atoms with van der Waals surface area (Å²) < 4.78 is 11.0. The van der Waals surface area contributed by atoms with Crippen LogP contribution >= 0.6 is 0 Å². The summed E-state index contributed by atoms with van der Waals surface area (Å²) in [6, 6.07) is 13.6. The van der Waals surface area contributed by atoms with E-state index in [4.69, 9.17) is 8.83 Å². The SMILES string of the molecule is O=C(CCN(Cc1ccco1)Cc1ccco1)N1CCN(c2ccccn2)CC1. The molecule has 0 aliphatic carbocycles. The minimum Gasteiger partial charge on any atom is -0.468 e. The third-order valence-corrected chi connectivity index (χ3v) is 5.17. The zero-order valence-corrected chi connectivity index (χ0v) is 16.4. The number of furan rings is 2. The van der Waals surface area contributed by atoms with Crippen molar-refractivity contribution in [3.05, 3.63) is 72.7 Å². The van der Waals surface area contributed by atoms with Crippen molar-refractivity contribution in [2.75, 3.05) is 37.6 Å². The van der Waals surface area contributed by atoms with E-state index >= 15 is 0 Å². The Morgan fingerprint density at radius 2 is 1.62 bits per heavy atom. The fourth-order valence-electron chi connectivity index (χ4n) is 3.60. The van der Waals surface area contributed by atoms with Crippen LogP contribution < -0.4 is 4.90 Å². The van der Waals surface area contributed by atoms with E-state index < -0.39 is 0 Å². The molecule has 0 N–H and O–H groups in total. The monoisotopic (exact) mass is 394 g/mol. The van der Waals surface area contributed by atoms with Crippen molar-refractivity contribution in [1.82, 2.24) is 14.8 Å². The Labute approximate surface area is 170 Å². The van der Waals surface area contributed by atoms with Crippen LogP contribution in [0.5, 0.6) is 0 Å². The van der Waals surface area contributed by atoms with E-state index in [-0.39, 0.29) is 5.91 Å². The van der Waals surface area contributed by atoms with Gasteiger partial charge in [-0.1, -0.05) is 6.07 Å². The van der Waals surface area contributed by atoms with Crippen molar-refractivity contribution >= 4 is 11.7 Å². The molecule has 1 aliphatic rings. The first-order valence-electron chi connectivity index (χ1n) is 9.99. The molecule has 0 radical (unpaired) electrons. The van der Waals surface area contributed by atoms with Crippen LogP contribution in [-0.2, 0) is 17.9 Å². The molecule has 3 aromatic heterocycles. The number of amides is 1. The molecule has 1 aliphatic heterocycles. The summed E-state index contributed by atoms with van der Waals surface area (Å²) in [4.78, 5) is 23.5. The molecule has 4 rings (SSSR count). The van der Waals surface area contributed by atoms with Gasteiger partial charge in [-0.25, -0.2) is 4.98 Å². The molecule has 0 atom stereocenters. The molecular weight excluding hydrogens is 368 g/mol. The summed E-state index contributed by atoms with van der Waals surface area (Å²) in [5.74, 6) is 2.93. The number of aromatic nitrogens is 1. The van der Waals surface area contributed by atoms with Crippen LogP contribution in [0.2, 0.25) is 0 Å². The second-order valence-corrected chi connectivity index (χ2v) is 7.18. The molecular formula is C22H26N4O3. The van der Waals surface area contributed by atoms with Crippen LogP contribution in [0.1, 0.15) is 17.9 Å². The van der Waals surface area contributed by atoms with Gasteiger partial charge in [0.25, 0.3) is 0 Å². The van der Waals surface area contributed by atoms with Gasteiger partial charge in [0.1, 0.15) is 17.3 Å². The van der Waals surface area contributed by atoms with Crippen LogP contribution in [0.25, 0.3) is 0 Å². The number of hydrogen-bond donors (Lipinski definition) is 0. The quantitative estimate of drug-likeness (QED) is 0.585. The zero-order valence-electron chi connectivity index (χ0n) is 16.4. The van der Waals surface area contributed by atoms with Crippen molar-refractivity contribution in [1.29, 1.82) is 0 Å². The maximum absolute atomic E-state index is 12.8. The number of hydrogen-bond acceptors (Lipinski definition) is 6. The summed E-state index contributed by atoms with van der Waals surface area (Å²) in [6.45, 7) is 5.03. The lowest BCUT2D eigenvalue weighted by Gasteiger charge is -2.35. The normalized spacial score (nSPS) is 14.5. The van der Waals surface area contributed by atoms with Gasteiger partial charge < -0.3 is 18.6 Å². The highest BCUT2D eigenvalue weighted by atomic mass is 16.3. The van der Waals surface area contributed by atoms with E-state index in [0.717, 1.165) is 43.5 Å².